The van der Waals surface area contributed by atoms with Crippen molar-refractivity contribution in [2.45, 2.75) is 12.8 Å². The zero-order valence-electron chi connectivity index (χ0n) is 10.4. The van der Waals surface area contributed by atoms with Crippen LogP contribution >= 0.6 is 0 Å². The smallest absolute Gasteiger partial charge is 0.339 e. The van der Waals surface area contributed by atoms with Gasteiger partial charge in [0.15, 0.2) is 5.82 Å². The fourth-order valence-corrected chi connectivity index (χ4v) is 1.78. The van der Waals surface area contributed by atoms with Gasteiger partial charge in [-0.15, -0.1) is 5.10 Å². The lowest BCUT2D eigenvalue weighted by Crippen LogP contribution is -2.10. The van der Waals surface area contributed by atoms with E-state index in [1.165, 1.54) is 17.8 Å². The fourth-order valence-electron chi connectivity index (χ4n) is 1.78. The van der Waals surface area contributed by atoms with Crippen molar-refractivity contribution >= 4 is 11.8 Å². The van der Waals surface area contributed by atoms with E-state index in [1.807, 2.05) is 18.2 Å². The number of rotatable bonds is 6. The van der Waals surface area contributed by atoms with Crippen molar-refractivity contribution in [2.75, 3.05) is 11.9 Å². The van der Waals surface area contributed by atoms with E-state index in [-0.39, 0.29) is 5.56 Å². The molecule has 2 aromatic rings. The molecule has 0 unspecified atom stereocenters. The Morgan fingerprint density at radius 2 is 2.00 bits per heavy atom. The maximum atomic E-state index is 11.0. The SMILES string of the molecule is O=C(O)c1ccnnc1NCCCc1ccccc1. The van der Waals surface area contributed by atoms with E-state index in [4.69, 9.17) is 5.11 Å². The normalized spacial score (nSPS) is 10.1. The van der Waals surface area contributed by atoms with Gasteiger partial charge in [-0.05, 0) is 24.5 Å². The topological polar surface area (TPSA) is 75.1 Å². The van der Waals surface area contributed by atoms with Crippen LogP contribution in [0.2, 0.25) is 0 Å². The first-order chi connectivity index (χ1) is 9.27. The minimum absolute atomic E-state index is 0.148. The summed E-state index contributed by atoms with van der Waals surface area (Å²) in [5.41, 5.74) is 1.41. The third-order valence-corrected chi connectivity index (χ3v) is 2.73. The molecule has 0 atom stereocenters. The zero-order valence-corrected chi connectivity index (χ0v) is 10.4. The summed E-state index contributed by atoms with van der Waals surface area (Å²) in [6.45, 7) is 0.661. The van der Waals surface area contributed by atoms with Crippen LogP contribution in [-0.4, -0.2) is 27.8 Å². The van der Waals surface area contributed by atoms with Gasteiger partial charge in [-0.1, -0.05) is 30.3 Å². The number of aryl methyl sites for hydroxylation is 1. The molecule has 0 aliphatic carbocycles. The van der Waals surface area contributed by atoms with Gasteiger partial charge in [-0.3, -0.25) is 0 Å². The average molecular weight is 257 g/mol. The lowest BCUT2D eigenvalue weighted by molar-refractivity contribution is 0.0697. The molecule has 0 amide bonds. The third kappa shape index (κ3) is 3.77. The molecule has 5 nitrogen and oxygen atoms in total. The summed E-state index contributed by atoms with van der Waals surface area (Å²) >= 11 is 0. The van der Waals surface area contributed by atoms with Gasteiger partial charge in [0.25, 0.3) is 0 Å². The maximum Gasteiger partial charge on any atom is 0.339 e. The molecule has 1 heterocycles. The second-order valence-corrected chi connectivity index (χ2v) is 4.11. The Morgan fingerprint density at radius 1 is 1.21 bits per heavy atom. The summed E-state index contributed by atoms with van der Waals surface area (Å²) in [5, 5.41) is 19.5. The van der Waals surface area contributed by atoms with Gasteiger partial charge in [0.2, 0.25) is 0 Å². The summed E-state index contributed by atoms with van der Waals surface area (Å²) in [6.07, 6.45) is 3.22. The monoisotopic (exact) mass is 257 g/mol. The molecule has 0 radical (unpaired) electrons. The van der Waals surface area contributed by atoms with Gasteiger partial charge in [0.05, 0.1) is 6.20 Å². The van der Waals surface area contributed by atoms with E-state index in [9.17, 15) is 4.79 Å². The van der Waals surface area contributed by atoms with Gasteiger partial charge in [-0.2, -0.15) is 5.10 Å². The van der Waals surface area contributed by atoms with Crippen molar-refractivity contribution in [2.24, 2.45) is 0 Å². The summed E-state index contributed by atoms with van der Waals surface area (Å²) < 4.78 is 0. The van der Waals surface area contributed by atoms with Crippen LogP contribution in [0.3, 0.4) is 0 Å². The molecule has 5 heteroatoms. The predicted octanol–water partition coefficient (Wildman–Crippen LogP) is 2.22. The number of anilines is 1. The molecule has 0 aliphatic rings. The highest BCUT2D eigenvalue weighted by Crippen LogP contribution is 2.10. The third-order valence-electron chi connectivity index (χ3n) is 2.73. The lowest BCUT2D eigenvalue weighted by atomic mass is 10.1. The average Bonchev–Trinajstić information content (AvgIpc) is 2.45. The highest BCUT2D eigenvalue weighted by Gasteiger charge is 2.10. The minimum atomic E-state index is -1.000. The Labute approximate surface area is 111 Å². The van der Waals surface area contributed by atoms with Crippen molar-refractivity contribution in [1.82, 2.24) is 10.2 Å². The van der Waals surface area contributed by atoms with Crippen LogP contribution in [0.1, 0.15) is 22.3 Å². The van der Waals surface area contributed by atoms with Gasteiger partial charge >= 0.3 is 5.97 Å². The predicted molar refractivity (Wildman–Crippen MR) is 72.2 cm³/mol. The number of carboxylic acid groups (broad SMARTS) is 1. The number of hydrogen-bond donors (Lipinski definition) is 2. The molecule has 1 aromatic heterocycles. The van der Waals surface area contributed by atoms with Crippen LogP contribution in [0, 0.1) is 0 Å². The van der Waals surface area contributed by atoms with Gasteiger partial charge < -0.3 is 10.4 Å². The largest absolute Gasteiger partial charge is 0.478 e. The van der Waals surface area contributed by atoms with E-state index in [0.29, 0.717) is 12.4 Å². The molecule has 1 aromatic carbocycles. The molecule has 2 N–H and O–H groups in total. The first kappa shape index (κ1) is 13.0. The molecule has 0 spiro atoms. The lowest BCUT2D eigenvalue weighted by Gasteiger charge is -2.07. The van der Waals surface area contributed by atoms with Crippen LogP contribution in [-0.2, 0) is 6.42 Å². The number of aromatic nitrogens is 2. The number of hydrogen-bond acceptors (Lipinski definition) is 4. The van der Waals surface area contributed by atoms with Crippen LogP contribution in [0.5, 0.6) is 0 Å². The van der Waals surface area contributed by atoms with Crippen LogP contribution in [0.25, 0.3) is 0 Å². The Bertz CT molecular complexity index is 543. The molecule has 0 aliphatic heterocycles. The Morgan fingerprint density at radius 3 is 2.74 bits per heavy atom. The zero-order chi connectivity index (χ0) is 13.5. The van der Waals surface area contributed by atoms with Crippen LogP contribution < -0.4 is 5.32 Å². The van der Waals surface area contributed by atoms with Gasteiger partial charge in [0.1, 0.15) is 5.56 Å². The van der Waals surface area contributed by atoms with Gasteiger partial charge in [0, 0.05) is 6.54 Å². The molecular formula is C14H15N3O2. The molecular weight excluding hydrogens is 242 g/mol. The van der Waals surface area contributed by atoms with E-state index in [2.05, 4.69) is 27.6 Å². The highest BCUT2D eigenvalue weighted by atomic mass is 16.4. The quantitative estimate of drug-likeness (QED) is 0.776. The standard InChI is InChI=1S/C14H15N3O2/c18-14(19)12-8-10-16-17-13(12)15-9-4-7-11-5-2-1-3-6-11/h1-3,5-6,8,10H,4,7,9H2,(H,15,17)(H,18,19). The first-order valence-corrected chi connectivity index (χ1v) is 6.10. The van der Waals surface area contributed by atoms with Gasteiger partial charge in [-0.25, -0.2) is 4.79 Å². The second-order valence-electron chi connectivity index (χ2n) is 4.11. The van der Waals surface area contributed by atoms with Crippen LogP contribution in [0.4, 0.5) is 5.82 Å². The summed E-state index contributed by atoms with van der Waals surface area (Å²) in [4.78, 5) is 11.0. The Balaban J connectivity index is 1.85. The van der Waals surface area contributed by atoms with Crippen LogP contribution in [0.15, 0.2) is 42.6 Å². The van der Waals surface area contributed by atoms with Crippen molar-refractivity contribution in [3.8, 4) is 0 Å². The molecule has 0 bridgehead atoms. The van der Waals surface area contributed by atoms with E-state index >= 15 is 0 Å². The number of nitrogens with one attached hydrogen (secondary N) is 1. The second kappa shape index (κ2) is 6.49. The summed E-state index contributed by atoms with van der Waals surface area (Å²) in [7, 11) is 0. The van der Waals surface area contributed by atoms with E-state index in [1.54, 1.807) is 0 Å². The molecule has 0 fully saturated rings. The Kier molecular flexibility index (Phi) is 4.44. The number of carboxylic acids is 1. The molecule has 98 valence electrons. The number of nitrogens with zero attached hydrogens (tertiary/aromatic N) is 2. The van der Waals surface area contributed by atoms with Crippen molar-refractivity contribution in [1.29, 1.82) is 0 Å². The minimum Gasteiger partial charge on any atom is -0.478 e. The van der Waals surface area contributed by atoms with Crippen molar-refractivity contribution < 1.29 is 9.90 Å². The molecule has 19 heavy (non-hydrogen) atoms. The van der Waals surface area contributed by atoms with E-state index < -0.39 is 5.97 Å². The van der Waals surface area contributed by atoms with Crippen molar-refractivity contribution in [3.63, 3.8) is 0 Å². The summed E-state index contributed by atoms with van der Waals surface area (Å²) in [5.74, 6) is -0.677. The number of aromatic carboxylic acids is 1. The highest BCUT2D eigenvalue weighted by molar-refractivity contribution is 5.92. The van der Waals surface area contributed by atoms with E-state index in [0.717, 1.165) is 12.8 Å². The number of benzene rings is 1. The fraction of sp³-hybridized carbons (Fsp3) is 0.214. The Hall–Kier alpha value is -2.43. The van der Waals surface area contributed by atoms with Crippen molar-refractivity contribution in [3.05, 3.63) is 53.7 Å². The molecule has 0 saturated heterocycles. The maximum absolute atomic E-state index is 11.0. The number of carbonyl (C=O) groups is 1. The summed E-state index contributed by atoms with van der Waals surface area (Å²) in [6, 6.07) is 11.6. The molecule has 0 saturated carbocycles. The molecule has 2 rings (SSSR count). The first-order valence-electron chi connectivity index (χ1n) is 6.10.